The van der Waals surface area contributed by atoms with Crippen LogP contribution in [0.3, 0.4) is 0 Å². The van der Waals surface area contributed by atoms with Gasteiger partial charge in [-0.2, -0.15) is 4.98 Å². The van der Waals surface area contributed by atoms with Crippen molar-refractivity contribution in [1.82, 2.24) is 15.0 Å². The first kappa shape index (κ1) is 18.7. The van der Waals surface area contributed by atoms with Gasteiger partial charge in [-0.3, -0.25) is 4.79 Å². The van der Waals surface area contributed by atoms with Gasteiger partial charge >= 0.3 is 0 Å². The number of amides is 1. The molecule has 1 amide bonds. The number of hydrogen-bond acceptors (Lipinski definition) is 7. The molecule has 2 aliphatic heterocycles. The van der Waals surface area contributed by atoms with Gasteiger partial charge in [0.2, 0.25) is 18.6 Å². The van der Waals surface area contributed by atoms with Crippen molar-refractivity contribution in [1.29, 1.82) is 0 Å². The molecule has 1 fully saturated rings. The Hall–Kier alpha value is -2.61. The van der Waals surface area contributed by atoms with E-state index >= 15 is 0 Å². The standard InChI is InChI=1S/C20H25N3O5/c1-20(10-14-3-4-15-16(9-14)27-13-26-15)7-5-19(24)23(12-20)8-6-18-21-17(11-25-2)22-28-18/h3-4,9H,5-8,10-13H2,1-2H3. The molecule has 1 aromatic carbocycles. The molecule has 1 atom stereocenters. The maximum Gasteiger partial charge on any atom is 0.231 e. The number of benzene rings is 1. The lowest BCUT2D eigenvalue weighted by Crippen LogP contribution is -2.46. The number of carbonyl (C=O) groups excluding carboxylic acids is 1. The average molecular weight is 387 g/mol. The topological polar surface area (TPSA) is 86.9 Å². The third kappa shape index (κ3) is 4.11. The van der Waals surface area contributed by atoms with Crippen molar-refractivity contribution in [2.45, 2.75) is 39.2 Å². The van der Waals surface area contributed by atoms with E-state index in [2.05, 4.69) is 23.1 Å². The zero-order chi connectivity index (χ0) is 19.6. The van der Waals surface area contributed by atoms with Crippen molar-refractivity contribution in [3.63, 3.8) is 0 Å². The second-order valence-corrected chi connectivity index (χ2v) is 7.78. The van der Waals surface area contributed by atoms with E-state index in [1.807, 2.05) is 17.0 Å². The number of aromatic nitrogens is 2. The number of likely N-dealkylation sites (tertiary alicyclic amines) is 1. The van der Waals surface area contributed by atoms with Crippen molar-refractivity contribution < 1.29 is 23.5 Å². The van der Waals surface area contributed by atoms with Crippen LogP contribution in [-0.4, -0.2) is 47.9 Å². The van der Waals surface area contributed by atoms with E-state index in [1.54, 1.807) is 7.11 Å². The van der Waals surface area contributed by atoms with Crippen molar-refractivity contribution >= 4 is 5.91 Å². The molecular formula is C20H25N3O5. The third-order valence-corrected chi connectivity index (χ3v) is 5.31. The van der Waals surface area contributed by atoms with E-state index < -0.39 is 0 Å². The van der Waals surface area contributed by atoms with Crippen molar-refractivity contribution in [2.24, 2.45) is 5.41 Å². The first-order valence-electron chi connectivity index (χ1n) is 9.51. The monoisotopic (exact) mass is 387 g/mol. The fraction of sp³-hybridized carbons (Fsp3) is 0.550. The summed E-state index contributed by atoms with van der Waals surface area (Å²) in [4.78, 5) is 18.6. The van der Waals surface area contributed by atoms with E-state index in [9.17, 15) is 4.79 Å². The SMILES string of the molecule is COCc1noc(CCN2CC(C)(Cc3ccc4c(c3)OCO4)CCC2=O)n1. The lowest BCUT2D eigenvalue weighted by molar-refractivity contribution is -0.137. The molecule has 0 spiro atoms. The molecule has 28 heavy (non-hydrogen) atoms. The Labute approximate surface area is 163 Å². The number of methoxy groups -OCH3 is 1. The number of hydrogen-bond donors (Lipinski definition) is 0. The number of ether oxygens (including phenoxy) is 3. The van der Waals surface area contributed by atoms with Crippen LogP contribution in [-0.2, 0) is 29.0 Å². The number of piperidine rings is 1. The molecule has 0 radical (unpaired) electrons. The van der Waals surface area contributed by atoms with Crippen LogP contribution >= 0.6 is 0 Å². The summed E-state index contributed by atoms with van der Waals surface area (Å²) < 4.78 is 21.1. The smallest absolute Gasteiger partial charge is 0.231 e. The molecule has 1 unspecified atom stereocenters. The molecule has 0 saturated carbocycles. The van der Waals surface area contributed by atoms with Gasteiger partial charge in [0.1, 0.15) is 6.61 Å². The van der Waals surface area contributed by atoms with Crippen molar-refractivity contribution in [2.75, 3.05) is 27.0 Å². The lowest BCUT2D eigenvalue weighted by atomic mass is 9.76. The molecule has 1 saturated heterocycles. The Bertz CT molecular complexity index is 852. The first-order valence-corrected chi connectivity index (χ1v) is 9.51. The molecule has 8 heteroatoms. The van der Waals surface area contributed by atoms with Crippen LogP contribution in [0, 0.1) is 5.41 Å². The van der Waals surface area contributed by atoms with E-state index in [0.29, 0.717) is 44.3 Å². The lowest BCUT2D eigenvalue weighted by Gasteiger charge is -2.40. The summed E-state index contributed by atoms with van der Waals surface area (Å²) in [6, 6.07) is 6.08. The highest BCUT2D eigenvalue weighted by Crippen LogP contribution is 2.37. The largest absolute Gasteiger partial charge is 0.454 e. The number of rotatable bonds is 7. The maximum atomic E-state index is 12.4. The minimum absolute atomic E-state index is 0.0116. The van der Waals surface area contributed by atoms with Crippen LogP contribution in [0.2, 0.25) is 0 Å². The second kappa shape index (κ2) is 7.79. The minimum atomic E-state index is 0.0116. The molecule has 2 aliphatic rings. The average Bonchev–Trinajstić information content (AvgIpc) is 3.32. The van der Waals surface area contributed by atoms with E-state index in [0.717, 1.165) is 24.3 Å². The van der Waals surface area contributed by atoms with Crippen LogP contribution in [0.4, 0.5) is 0 Å². The van der Waals surface area contributed by atoms with Gasteiger partial charge in [0.15, 0.2) is 17.3 Å². The summed E-state index contributed by atoms with van der Waals surface area (Å²) >= 11 is 0. The zero-order valence-corrected chi connectivity index (χ0v) is 16.3. The fourth-order valence-electron chi connectivity index (χ4n) is 3.90. The highest BCUT2D eigenvalue weighted by Gasteiger charge is 2.35. The predicted molar refractivity (Wildman–Crippen MR) is 98.9 cm³/mol. The Morgan fingerprint density at radius 3 is 3.00 bits per heavy atom. The van der Waals surface area contributed by atoms with Gasteiger partial charge in [-0.1, -0.05) is 18.1 Å². The van der Waals surface area contributed by atoms with Gasteiger partial charge in [0.25, 0.3) is 0 Å². The summed E-state index contributed by atoms with van der Waals surface area (Å²) in [6.45, 7) is 4.11. The normalized spacial score (nSPS) is 21.4. The molecule has 4 rings (SSSR count). The summed E-state index contributed by atoms with van der Waals surface area (Å²) in [5, 5.41) is 3.87. The number of nitrogens with zero attached hydrogens (tertiary/aromatic N) is 3. The summed E-state index contributed by atoms with van der Waals surface area (Å²) in [5.41, 5.74) is 1.21. The predicted octanol–water partition coefficient (Wildman–Crippen LogP) is 2.36. The van der Waals surface area contributed by atoms with Crippen LogP contribution < -0.4 is 9.47 Å². The van der Waals surface area contributed by atoms with Crippen LogP contribution in [0.15, 0.2) is 22.7 Å². The number of carbonyl (C=O) groups is 1. The molecule has 2 aromatic rings. The van der Waals surface area contributed by atoms with Crippen LogP contribution in [0.1, 0.15) is 37.0 Å². The molecule has 0 aliphatic carbocycles. The van der Waals surface area contributed by atoms with Gasteiger partial charge in [0, 0.05) is 33.0 Å². The maximum absolute atomic E-state index is 12.4. The highest BCUT2D eigenvalue weighted by atomic mass is 16.7. The van der Waals surface area contributed by atoms with Gasteiger partial charge in [-0.15, -0.1) is 0 Å². The van der Waals surface area contributed by atoms with Gasteiger partial charge in [0.05, 0.1) is 0 Å². The second-order valence-electron chi connectivity index (χ2n) is 7.78. The quantitative estimate of drug-likeness (QED) is 0.721. The minimum Gasteiger partial charge on any atom is -0.454 e. The van der Waals surface area contributed by atoms with Crippen LogP contribution in [0.5, 0.6) is 11.5 Å². The third-order valence-electron chi connectivity index (χ3n) is 5.31. The molecule has 0 bridgehead atoms. The van der Waals surface area contributed by atoms with Crippen molar-refractivity contribution in [3.05, 3.63) is 35.5 Å². The molecule has 1 aromatic heterocycles. The highest BCUT2D eigenvalue weighted by molar-refractivity contribution is 5.77. The van der Waals surface area contributed by atoms with E-state index in [-0.39, 0.29) is 18.1 Å². The number of fused-ring (bicyclic) bond motifs is 1. The first-order chi connectivity index (χ1) is 13.5. The molecular weight excluding hydrogens is 362 g/mol. The Morgan fingerprint density at radius 1 is 1.29 bits per heavy atom. The van der Waals surface area contributed by atoms with Gasteiger partial charge in [-0.05, 0) is 36.0 Å². The molecule has 8 nitrogen and oxygen atoms in total. The van der Waals surface area contributed by atoms with E-state index in [4.69, 9.17) is 18.7 Å². The van der Waals surface area contributed by atoms with Crippen molar-refractivity contribution in [3.8, 4) is 11.5 Å². The molecule has 150 valence electrons. The zero-order valence-electron chi connectivity index (χ0n) is 16.3. The molecule has 0 N–H and O–H groups in total. The molecule has 3 heterocycles. The van der Waals surface area contributed by atoms with Gasteiger partial charge in [-0.25, -0.2) is 0 Å². The van der Waals surface area contributed by atoms with E-state index in [1.165, 1.54) is 5.56 Å². The van der Waals surface area contributed by atoms with Gasteiger partial charge < -0.3 is 23.6 Å². The Kier molecular flexibility index (Phi) is 5.21. The van der Waals surface area contributed by atoms with Crippen LogP contribution in [0.25, 0.3) is 0 Å². The summed E-state index contributed by atoms with van der Waals surface area (Å²) in [7, 11) is 1.59. The summed E-state index contributed by atoms with van der Waals surface area (Å²) in [5.74, 6) is 2.83. The fourth-order valence-corrected chi connectivity index (χ4v) is 3.90. The Morgan fingerprint density at radius 2 is 2.14 bits per heavy atom. The summed E-state index contributed by atoms with van der Waals surface area (Å²) in [6.07, 6.45) is 2.85. The Balaban J connectivity index is 1.38.